The van der Waals surface area contributed by atoms with E-state index in [1.54, 1.807) is 0 Å². The van der Waals surface area contributed by atoms with Crippen molar-refractivity contribution in [2.24, 2.45) is 0 Å². The number of hydrogen-bond acceptors (Lipinski definition) is 1. The maximum absolute atomic E-state index is 6.19. The van der Waals surface area contributed by atoms with E-state index in [0.29, 0.717) is 0 Å². The van der Waals surface area contributed by atoms with Gasteiger partial charge in [0.1, 0.15) is 0 Å². The molecule has 1 nitrogen and oxygen atoms in total. The summed E-state index contributed by atoms with van der Waals surface area (Å²) in [5.74, 6) is 0. The predicted octanol–water partition coefficient (Wildman–Crippen LogP) is 5.72. The van der Waals surface area contributed by atoms with Crippen LogP contribution < -0.4 is 0 Å². The van der Waals surface area contributed by atoms with Crippen LogP contribution in [0.4, 0.5) is 0 Å². The fraction of sp³-hybridized carbons (Fsp3) is 1.00. The Kier molecular flexibility index (Phi) is 11.5. The van der Waals surface area contributed by atoms with Crippen LogP contribution in [0.5, 0.6) is 0 Å². The molecule has 0 amide bonds. The number of unbranched alkanes of at least 4 members (excludes halogenated alkanes) is 8. The zero-order valence-corrected chi connectivity index (χ0v) is 15.7. The van der Waals surface area contributed by atoms with Crippen molar-refractivity contribution in [1.82, 2.24) is 0 Å². The molecule has 0 rings (SSSR count). The van der Waals surface area contributed by atoms with Crippen LogP contribution >= 0.6 is 0 Å². The van der Waals surface area contributed by atoms with Gasteiger partial charge in [-0.15, -0.1) is 0 Å². The zero-order chi connectivity index (χ0) is 13.9. The first-order valence-corrected chi connectivity index (χ1v) is 14.1. The molecule has 0 aliphatic carbocycles. The van der Waals surface area contributed by atoms with Gasteiger partial charge in [0.25, 0.3) is 0 Å². The lowest BCUT2D eigenvalue weighted by Gasteiger charge is -2.25. The molecule has 0 aromatic rings. The normalized spacial score (nSPS) is 12.3. The lowest BCUT2D eigenvalue weighted by Crippen LogP contribution is -2.34. The van der Waals surface area contributed by atoms with Gasteiger partial charge in [0, 0.05) is 0 Å². The third kappa shape index (κ3) is 12.8. The van der Waals surface area contributed by atoms with Crippen molar-refractivity contribution in [2.45, 2.75) is 96.9 Å². The van der Waals surface area contributed by atoms with Gasteiger partial charge in [-0.05, 0) is 32.2 Å². The highest BCUT2D eigenvalue weighted by Gasteiger charge is 2.22. The lowest BCUT2D eigenvalue weighted by atomic mass is 10.1. The first-order valence-electron chi connectivity index (χ1n) is 8.16. The smallest absolute Gasteiger partial charge is 0.173 e. The fourth-order valence-electron chi connectivity index (χ4n) is 2.56. The Morgan fingerprint density at radius 3 is 1.67 bits per heavy atom. The molecule has 0 unspecified atom stereocenters. The Morgan fingerprint density at radius 2 is 1.22 bits per heavy atom. The SMILES string of the molecule is CCCCCCCCCCC[Si](C)(C)O[SiH](C)C. The average Bonchev–Trinajstić information content (AvgIpc) is 2.25. The molecule has 0 saturated heterocycles. The molecule has 0 aliphatic rings. The average molecular weight is 289 g/mol. The van der Waals surface area contributed by atoms with Gasteiger partial charge >= 0.3 is 0 Å². The van der Waals surface area contributed by atoms with Crippen LogP contribution in [0.2, 0.25) is 32.2 Å². The van der Waals surface area contributed by atoms with E-state index in [4.69, 9.17) is 4.12 Å². The quantitative estimate of drug-likeness (QED) is 0.329. The summed E-state index contributed by atoms with van der Waals surface area (Å²) in [5, 5.41) is 0. The Morgan fingerprint density at radius 1 is 0.778 bits per heavy atom. The summed E-state index contributed by atoms with van der Waals surface area (Å²) >= 11 is 0. The van der Waals surface area contributed by atoms with E-state index in [0.717, 1.165) is 0 Å². The lowest BCUT2D eigenvalue weighted by molar-refractivity contribution is 0.547. The van der Waals surface area contributed by atoms with E-state index >= 15 is 0 Å². The summed E-state index contributed by atoms with van der Waals surface area (Å²) < 4.78 is 6.19. The number of rotatable bonds is 12. The summed E-state index contributed by atoms with van der Waals surface area (Å²) in [5.41, 5.74) is 0. The Bertz CT molecular complexity index is 181. The van der Waals surface area contributed by atoms with E-state index in [9.17, 15) is 0 Å². The predicted molar refractivity (Wildman–Crippen MR) is 89.5 cm³/mol. The largest absolute Gasteiger partial charge is 0.458 e. The highest BCUT2D eigenvalue weighted by molar-refractivity contribution is 6.77. The molecule has 0 heterocycles. The molecule has 0 aliphatic heterocycles. The second-order valence-electron chi connectivity index (χ2n) is 6.50. The molecule has 0 fully saturated rings. The van der Waals surface area contributed by atoms with Crippen LogP contribution in [0.15, 0.2) is 0 Å². The molecule has 0 radical (unpaired) electrons. The van der Waals surface area contributed by atoms with Crippen LogP contribution in [0, 0.1) is 0 Å². The van der Waals surface area contributed by atoms with Gasteiger partial charge in [-0.3, -0.25) is 0 Å². The van der Waals surface area contributed by atoms with Crippen molar-refractivity contribution >= 4 is 17.4 Å². The first kappa shape index (κ1) is 18.4. The molecule has 18 heavy (non-hydrogen) atoms. The second kappa shape index (κ2) is 11.2. The minimum Gasteiger partial charge on any atom is -0.458 e. The van der Waals surface area contributed by atoms with Gasteiger partial charge in [0.2, 0.25) is 0 Å². The summed E-state index contributed by atoms with van der Waals surface area (Å²) in [7, 11) is -2.11. The zero-order valence-electron chi connectivity index (χ0n) is 13.6. The van der Waals surface area contributed by atoms with Gasteiger partial charge in [-0.25, -0.2) is 0 Å². The standard InChI is InChI=1S/C15H36OSi2/c1-6-7-8-9-10-11-12-13-14-15-18(4,5)16-17(2)3/h17H,6-15H2,1-5H3. The highest BCUT2D eigenvalue weighted by Crippen LogP contribution is 2.18. The van der Waals surface area contributed by atoms with Crippen molar-refractivity contribution in [1.29, 1.82) is 0 Å². The van der Waals surface area contributed by atoms with Crippen LogP contribution in [0.1, 0.15) is 64.7 Å². The van der Waals surface area contributed by atoms with Crippen LogP contribution in [-0.2, 0) is 4.12 Å². The first-order chi connectivity index (χ1) is 8.48. The third-order valence-corrected chi connectivity index (χ3v) is 9.43. The number of hydrogen-bond donors (Lipinski definition) is 0. The van der Waals surface area contributed by atoms with Crippen molar-refractivity contribution in [3.63, 3.8) is 0 Å². The van der Waals surface area contributed by atoms with Crippen LogP contribution in [-0.4, -0.2) is 17.4 Å². The van der Waals surface area contributed by atoms with Gasteiger partial charge in [-0.1, -0.05) is 64.7 Å². The molecule has 0 aromatic carbocycles. The summed E-state index contributed by atoms with van der Waals surface area (Å²) in [4.78, 5) is 0. The Balaban J connectivity index is 3.29. The van der Waals surface area contributed by atoms with Crippen molar-refractivity contribution < 1.29 is 4.12 Å². The van der Waals surface area contributed by atoms with Crippen molar-refractivity contribution in [3.05, 3.63) is 0 Å². The highest BCUT2D eigenvalue weighted by atomic mass is 28.4. The topological polar surface area (TPSA) is 9.23 Å². The van der Waals surface area contributed by atoms with Crippen LogP contribution in [0.25, 0.3) is 0 Å². The summed E-state index contributed by atoms with van der Waals surface area (Å²) in [6.07, 6.45) is 12.9. The van der Waals surface area contributed by atoms with Crippen molar-refractivity contribution in [3.8, 4) is 0 Å². The van der Waals surface area contributed by atoms with E-state index in [2.05, 4.69) is 33.1 Å². The van der Waals surface area contributed by atoms with E-state index in [1.165, 1.54) is 63.8 Å². The van der Waals surface area contributed by atoms with E-state index < -0.39 is 17.4 Å². The maximum atomic E-state index is 6.19. The molecule has 0 saturated carbocycles. The third-order valence-electron chi connectivity index (χ3n) is 3.44. The van der Waals surface area contributed by atoms with Gasteiger partial charge in [0.05, 0.1) is 0 Å². The minimum absolute atomic E-state index is 0.815. The Hall–Kier alpha value is 0.394. The van der Waals surface area contributed by atoms with Gasteiger partial charge < -0.3 is 4.12 Å². The molecule has 0 N–H and O–H groups in total. The fourth-order valence-corrected chi connectivity index (χ4v) is 9.24. The Labute approximate surface area is 119 Å². The van der Waals surface area contributed by atoms with E-state index in [1.807, 2.05) is 0 Å². The second-order valence-corrected chi connectivity index (χ2v) is 13.6. The molecule has 0 aromatic heterocycles. The molecule has 0 bridgehead atoms. The molecular formula is C15H36OSi2. The minimum atomic E-state index is -1.29. The molecule has 110 valence electrons. The maximum Gasteiger partial charge on any atom is 0.173 e. The summed E-state index contributed by atoms with van der Waals surface area (Å²) in [6.45, 7) is 11.7. The van der Waals surface area contributed by atoms with Gasteiger partial charge in [-0.2, -0.15) is 0 Å². The van der Waals surface area contributed by atoms with E-state index in [-0.39, 0.29) is 0 Å². The van der Waals surface area contributed by atoms with Gasteiger partial charge in [0.15, 0.2) is 17.4 Å². The van der Waals surface area contributed by atoms with Crippen molar-refractivity contribution in [2.75, 3.05) is 0 Å². The van der Waals surface area contributed by atoms with Crippen LogP contribution in [0.3, 0.4) is 0 Å². The molecule has 0 spiro atoms. The molecule has 3 heteroatoms. The monoisotopic (exact) mass is 288 g/mol. The molecular weight excluding hydrogens is 252 g/mol. The summed E-state index contributed by atoms with van der Waals surface area (Å²) in [6, 6.07) is 1.37. The molecule has 0 atom stereocenters.